The topological polar surface area (TPSA) is 59.1 Å². The summed E-state index contributed by atoms with van der Waals surface area (Å²) in [7, 11) is 4.05. The molecular weight excluding hydrogens is 250 g/mol. The molecule has 108 valence electrons. The zero-order valence-electron chi connectivity index (χ0n) is 12.8. The van der Waals surface area contributed by atoms with Crippen LogP contribution in [0.15, 0.2) is 24.3 Å². The first kappa shape index (κ1) is 14.2. The number of nitrogens with two attached hydrogens (primary N) is 1. The Kier molecular flexibility index (Phi) is 3.88. The molecule has 0 saturated heterocycles. The molecule has 5 nitrogen and oxygen atoms in total. The molecule has 0 aliphatic heterocycles. The lowest BCUT2D eigenvalue weighted by Crippen LogP contribution is -2.10. The first-order chi connectivity index (χ1) is 9.40. The summed E-state index contributed by atoms with van der Waals surface area (Å²) in [6.07, 6.45) is 0. The van der Waals surface area contributed by atoms with Crippen LogP contribution in [0.2, 0.25) is 0 Å². The van der Waals surface area contributed by atoms with Crippen molar-refractivity contribution in [3.63, 3.8) is 0 Å². The van der Waals surface area contributed by atoms with Gasteiger partial charge in [-0.2, -0.15) is 5.10 Å². The average molecular weight is 273 g/mol. The number of hydrogen-bond donors (Lipinski definition) is 2. The van der Waals surface area contributed by atoms with E-state index >= 15 is 0 Å². The van der Waals surface area contributed by atoms with Gasteiger partial charge in [0.25, 0.3) is 0 Å². The van der Waals surface area contributed by atoms with E-state index in [4.69, 9.17) is 5.73 Å². The molecular formula is C15H23N5. The van der Waals surface area contributed by atoms with Crippen molar-refractivity contribution in [2.75, 3.05) is 30.0 Å². The maximum Gasteiger partial charge on any atom is 0.152 e. The maximum absolute atomic E-state index is 6.13. The van der Waals surface area contributed by atoms with Gasteiger partial charge in [0.15, 0.2) is 5.82 Å². The number of nitrogens with zero attached hydrogens (tertiary/aromatic N) is 3. The molecule has 0 saturated carbocycles. The molecule has 0 unspecified atom stereocenters. The van der Waals surface area contributed by atoms with Crippen LogP contribution in [0.1, 0.15) is 25.6 Å². The molecule has 20 heavy (non-hydrogen) atoms. The van der Waals surface area contributed by atoms with Gasteiger partial charge in [0.1, 0.15) is 0 Å². The fraction of sp³-hybridized carbons (Fsp3) is 0.400. The Labute approximate surface area is 120 Å². The zero-order valence-corrected chi connectivity index (χ0v) is 12.8. The van der Waals surface area contributed by atoms with Gasteiger partial charge in [-0.3, -0.25) is 0 Å². The Morgan fingerprint density at radius 3 is 2.60 bits per heavy atom. The molecule has 1 aromatic heterocycles. The van der Waals surface area contributed by atoms with E-state index in [1.165, 1.54) is 0 Å². The Bertz CT molecular complexity index is 598. The number of anilines is 4. The Morgan fingerprint density at radius 2 is 2.00 bits per heavy atom. The van der Waals surface area contributed by atoms with Crippen LogP contribution in [-0.4, -0.2) is 23.9 Å². The largest absolute Gasteiger partial charge is 0.394 e. The molecule has 0 bridgehead atoms. The number of hydrogen-bond acceptors (Lipinski definition) is 4. The fourth-order valence-electron chi connectivity index (χ4n) is 2.06. The van der Waals surface area contributed by atoms with Crippen LogP contribution in [0.3, 0.4) is 0 Å². The minimum atomic E-state index is 0.255. The van der Waals surface area contributed by atoms with Crippen LogP contribution in [0, 0.1) is 6.92 Å². The van der Waals surface area contributed by atoms with E-state index in [2.05, 4.69) is 41.3 Å². The molecule has 3 N–H and O–H groups in total. The molecule has 1 heterocycles. The number of nitrogen functional groups attached to an aromatic ring is 1. The Hall–Kier alpha value is -2.17. The SMILES string of the molecule is Cc1nn(C(C)C)c(Nc2cccc(N(C)C)c2)c1N. The summed E-state index contributed by atoms with van der Waals surface area (Å²) in [5.74, 6) is 0.855. The fourth-order valence-corrected chi connectivity index (χ4v) is 2.06. The molecule has 2 rings (SSSR count). The van der Waals surface area contributed by atoms with Gasteiger partial charge in [-0.25, -0.2) is 4.68 Å². The lowest BCUT2D eigenvalue weighted by atomic mass is 10.2. The standard InChI is InChI=1S/C15H23N5/c1-10(2)20-15(14(16)11(3)18-20)17-12-7-6-8-13(9-12)19(4)5/h6-10,17H,16H2,1-5H3. The van der Waals surface area contributed by atoms with E-state index in [1.807, 2.05) is 37.8 Å². The molecule has 0 amide bonds. The monoisotopic (exact) mass is 273 g/mol. The van der Waals surface area contributed by atoms with Gasteiger partial charge in [-0.15, -0.1) is 0 Å². The van der Waals surface area contributed by atoms with Crippen molar-refractivity contribution in [1.82, 2.24) is 9.78 Å². The van der Waals surface area contributed by atoms with E-state index in [1.54, 1.807) is 0 Å². The summed E-state index contributed by atoms with van der Waals surface area (Å²) >= 11 is 0. The summed E-state index contributed by atoms with van der Waals surface area (Å²) in [6, 6.07) is 8.47. The summed E-state index contributed by atoms with van der Waals surface area (Å²) in [5.41, 5.74) is 9.83. The second-order valence-electron chi connectivity index (χ2n) is 5.46. The van der Waals surface area contributed by atoms with E-state index in [0.717, 1.165) is 22.9 Å². The third-order valence-corrected chi connectivity index (χ3v) is 3.25. The highest BCUT2D eigenvalue weighted by atomic mass is 15.4. The minimum absolute atomic E-state index is 0.255. The van der Waals surface area contributed by atoms with Crippen molar-refractivity contribution in [2.24, 2.45) is 0 Å². The van der Waals surface area contributed by atoms with Crippen molar-refractivity contribution in [3.05, 3.63) is 30.0 Å². The van der Waals surface area contributed by atoms with Gasteiger partial charge in [-0.05, 0) is 39.0 Å². The van der Waals surface area contributed by atoms with Gasteiger partial charge in [0, 0.05) is 31.5 Å². The maximum atomic E-state index is 6.13. The highest BCUT2D eigenvalue weighted by Gasteiger charge is 2.14. The van der Waals surface area contributed by atoms with Crippen LogP contribution in [0.4, 0.5) is 22.9 Å². The average Bonchev–Trinajstić information content (AvgIpc) is 2.67. The summed E-state index contributed by atoms with van der Waals surface area (Å²) in [5, 5.41) is 7.87. The van der Waals surface area contributed by atoms with Gasteiger partial charge >= 0.3 is 0 Å². The van der Waals surface area contributed by atoms with E-state index in [9.17, 15) is 0 Å². The van der Waals surface area contributed by atoms with Gasteiger partial charge in [0.2, 0.25) is 0 Å². The molecule has 5 heteroatoms. The van der Waals surface area contributed by atoms with Crippen molar-refractivity contribution < 1.29 is 0 Å². The highest BCUT2D eigenvalue weighted by Crippen LogP contribution is 2.29. The second kappa shape index (κ2) is 5.45. The Morgan fingerprint density at radius 1 is 1.30 bits per heavy atom. The van der Waals surface area contributed by atoms with E-state index < -0.39 is 0 Å². The van der Waals surface area contributed by atoms with Gasteiger partial charge in [0.05, 0.1) is 11.4 Å². The predicted molar refractivity (Wildman–Crippen MR) is 85.8 cm³/mol. The van der Waals surface area contributed by atoms with Gasteiger partial charge in [-0.1, -0.05) is 6.07 Å². The number of aromatic nitrogens is 2. The molecule has 0 atom stereocenters. The molecule has 0 aliphatic carbocycles. The van der Waals surface area contributed by atoms with E-state index in [0.29, 0.717) is 5.69 Å². The van der Waals surface area contributed by atoms with Crippen molar-refractivity contribution in [1.29, 1.82) is 0 Å². The lowest BCUT2D eigenvalue weighted by molar-refractivity contribution is 0.536. The van der Waals surface area contributed by atoms with Crippen molar-refractivity contribution in [2.45, 2.75) is 26.8 Å². The smallest absolute Gasteiger partial charge is 0.152 e. The number of nitrogens with one attached hydrogen (secondary N) is 1. The van der Waals surface area contributed by atoms with Crippen molar-refractivity contribution >= 4 is 22.9 Å². The minimum Gasteiger partial charge on any atom is -0.394 e. The second-order valence-corrected chi connectivity index (χ2v) is 5.46. The molecule has 0 fully saturated rings. The van der Waals surface area contributed by atoms with Crippen LogP contribution < -0.4 is 16.0 Å². The van der Waals surface area contributed by atoms with E-state index in [-0.39, 0.29) is 6.04 Å². The number of rotatable bonds is 4. The molecule has 1 aromatic carbocycles. The normalized spacial score (nSPS) is 10.9. The highest BCUT2D eigenvalue weighted by molar-refractivity contribution is 5.73. The summed E-state index contributed by atoms with van der Waals surface area (Å²) in [6.45, 7) is 6.11. The quantitative estimate of drug-likeness (QED) is 0.898. The van der Waals surface area contributed by atoms with Crippen LogP contribution >= 0.6 is 0 Å². The third-order valence-electron chi connectivity index (χ3n) is 3.25. The summed E-state index contributed by atoms with van der Waals surface area (Å²) < 4.78 is 1.92. The molecule has 0 radical (unpaired) electrons. The summed E-state index contributed by atoms with van der Waals surface area (Å²) in [4.78, 5) is 2.07. The first-order valence-electron chi connectivity index (χ1n) is 6.79. The Balaban J connectivity index is 2.37. The first-order valence-corrected chi connectivity index (χ1v) is 6.79. The van der Waals surface area contributed by atoms with Crippen LogP contribution in [0.5, 0.6) is 0 Å². The number of benzene rings is 1. The molecule has 2 aromatic rings. The number of aryl methyl sites for hydroxylation is 1. The van der Waals surface area contributed by atoms with Crippen molar-refractivity contribution in [3.8, 4) is 0 Å². The predicted octanol–water partition coefficient (Wildman–Crippen LogP) is 3.16. The molecule has 0 spiro atoms. The zero-order chi connectivity index (χ0) is 14.9. The third kappa shape index (κ3) is 2.71. The van der Waals surface area contributed by atoms with Crippen LogP contribution in [0.25, 0.3) is 0 Å². The van der Waals surface area contributed by atoms with Crippen LogP contribution in [-0.2, 0) is 0 Å². The lowest BCUT2D eigenvalue weighted by Gasteiger charge is -2.16. The van der Waals surface area contributed by atoms with Gasteiger partial charge < -0.3 is 16.0 Å². The molecule has 0 aliphatic rings.